The van der Waals surface area contributed by atoms with E-state index in [4.69, 9.17) is 5.11 Å². The van der Waals surface area contributed by atoms with Gasteiger partial charge in [-0.2, -0.15) is 0 Å². The van der Waals surface area contributed by atoms with E-state index in [1.54, 1.807) is 6.07 Å². The van der Waals surface area contributed by atoms with Crippen molar-refractivity contribution in [2.45, 2.75) is 0 Å². The molecule has 80 valence electrons. The van der Waals surface area contributed by atoms with E-state index < -0.39 is 0 Å². The van der Waals surface area contributed by atoms with Crippen LogP contribution in [-0.2, 0) is 0 Å². The van der Waals surface area contributed by atoms with E-state index in [-0.39, 0.29) is 17.2 Å². The number of nitrogens with zero attached hydrogens (tertiary/aromatic N) is 2. The van der Waals surface area contributed by atoms with Crippen molar-refractivity contribution < 1.29 is 15.0 Å². The van der Waals surface area contributed by atoms with Crippen molar-refractivity contribution in [2.24, 2.45) is 0 Å². The second kappa shape index (κ2) is 3.98. The summed E-state index contributed by atoms with van der Waals surface area (Å²) in [6.45, 7) is 0. The van der Waals surface area contributed by atoms with Crippen LogP contribution in [-0.4, -0.2) is 26.5 Å². The van der Waals surface area contributed by atoms with Gasteiger partial charge in [-0.15, -0.1) is 0 Å². The molecule has 0 radical (unpaired) electrons. The predicted octanol–water partition coefficient (Wildman–Crippen LogP) is 1.37. The third-order valence-electron chi connectivity index (χ3n) is 2.03. The van der Waals surface area contributed by atoms with Crippen molar-refractivity contribution in [3.05, 3.63) is 36.2 Å². The summed E-state index contributed by atoms with van der Waals surface area (Å²) >= 11 is 0. The van der Waals surface area contributed by atoms with Gasteiger partial charge in [-0.25, -0.2) is 9.97 Å². The molecule has 16 heavy (non-hydrogen) atoms. The van der Waals surface area contributed by atoms with Crippen LogP contribution < -0.4 is 0 Å². The molecule has 0 atom stereocenters. The number of aromatic hydroxyl groups is 2. The Balaban J connectivity index is 2.49. The van der Waals surface area contributed by atoms with Crippen molar-refractivity contribution >= 4 is 6.29 Å². The van der Waals surface area contributed by atoms with Crippen LogP contribution in [0.3, 0.4) is 0 Å². The van der Waals surface area contributed by atoms with Gasteiger partial charge in [0.15, 0.2) is 23.6 Å². The summed E-state index contributed by atoms with van der Waals surface area (Å²) in [5, 5.41) is 18.5. The van der Waals surface area contributed by atoms with Crippen molar-refractivity contribution in [3.8, 4) is 22.9 Å². The van der Waals surface area contributed by atoms with Gasteiger partial charge in [0.05, 0.1) is 0 Å². The van der Waals surface area contributed by atoms with Crippen molar-refractivity contribution in [2.75, 3.05) is 0 Å². The molecule has 0 unspecified atom stereocenters. The van der Waals surface area contributed by atoms with Gasteiger partial charge in [-0.05, 0) is 24.3 Å². The lowest BCUT2D eigenvalue weighted by molar-refractivity contribution is 0.111. The lowest BCUT2D eigenvalue weighted by atomic mass is 10.2. The minimum atomic E-state index is -0.252. The Bertz CT molecular complexity index is 541. The van der Waals surface area contributed by atoms with E-state index in [2.05, 4.69) is 9.97 Å². The second-order valence-electron chi connectivity index (χ2n) is 3.13. The Morgan fingerprint density at radius 2 is 1.94 bits per heavy atom. The maximum absolute atomic E-state index is 10.5. The van der Waals surface area contributed by atoms with Gasteiger partial charge in [0.25, 0.3) is 0 Å². The van der Waals surface area contributed by atoms with Crippen LogP contribution in [0, 0.1) is 0 Å². The number of hydrogen-bond donors (Lipinski definition) is 2. The highest BCUT2D eigenvalue weighted by atomic mass is 16.3. The smallest absolute Gasteiger partial charge is 0.168 e. The number of aldehydes is 1. The molecular weight excluding hydrogens is 208 g/mol. The minimum Gasteiger partial charge on any atom is -0.504 e. The highest BCUT2D eigenvalue weighted by molar-refractivity contribution is 5.73. The molecule has 5 heteroatoms. The molecule has 2 N–H and O–H groups in total. The molecule has 0 bridgehead atoms. The molecule has 0 fully saturated rings. The monoisotopic (exact) mass is 216 g/mol. The van der Waals surface area contributed by atoms with Gasteiger partial charge in [0.2, 0.25) is 0 Å². The lowest BCUT2D eigenvalue weighted by Gasteiger charge is -2.02. The summed E-state index contributed by atoms with van der Waals surface area (Å²) in [5.74, 6) is -0.146. The van der Waals surface area contributed by atoms with E-state index >= 15 is 0 Å². The van der Waals surface area contributed by atoms with E-state index in [1.807, 2.05) is 0 Å². The Hall–Kier alpha value is -2.43. The Labute approximate surface area is 91.0 Å². The highest BCUT2D eigenvalue weighted by Crippen LogP contribution is 2.28. The Kier molecular flexibility index (Phi) is 2.51. The van der Waals surface area contributed by atoms with Gasteiger partial charge < -0.3 is 10.2 Å². The van der Waals surface area contributed by atoms with Gasteiger partial charge in [-0.1, -0.05) is 0 Å². The van der Waals surface area contributed by atoms with Crippen LogP contribution in [0.25, 0.3) is 11.4 Å². The number of phenolic OH excluding ortho intramolecular Hbond substituents is 2. The first-order valence-corrected chi connectivity index (χ1v) is 4.51. The summed E-state index contributed by atoms with van der Waals surface area (Å²) in [5.41, 5.74) is 0.788. The molecule has 0 aliphatic rings. The summed E-state index contributed by atoms with van der Waals surface area (Å²) < 4.78 is 0. The fourth-order valence-corrected chi connectivity index (χ4v) is 1.24. The summed E-state index contributed by atoms with van der Waals surface area (Å²) in [6.07, 6.45) is 2.07. The van der Waals surface area contributed by atoms with Crippen molar-refractivity contribution in [3.63, 3.8) is 0 Å². The topological polar surface area (TPSA) is 83.3 Å². The quantitative estimate of drug-likeness (QED) is 0.585. The molecule has 0 spiro atoms. The fraction of sp³-hybridized carbons (Fsp3) is 0. The van der Waals surface area contributed by atoms with E-state index in [0.29, 0.717) is 17.7 Å². The number of carbonyl (C=O) groups is 1. The molecule has 2 rings (SSSR count). The standard InChI is InChI=1S/C11H8N2O3/c14-6-8-3-4-12-11(13-8)7-1-2-9(15)10(16)5-7/h1-6,15-16H. The van der Waals surface area contributed by atoms with Crippen LogP contribution in [0.4, 0.5) is 0 Å². The lowest BCUT2D eigenvalue weighted by Crippen LogP contribution is -1.93. The predicted molar refractivity (Wildman–Crippen MR) is 56.2 cm³/mol. The largest absolute Gasteiger partial charge is 0.504 e. The molecule has 5 nitrogen and oxygen atoms in total. The van der Waals surface area contributed by atoms with Gasteiger partial charge in [0.1, 0.15) is 5.69 Å². The Morgan fingerprint density at radius 3 is 2.62 bits per heavy atom. The molecule has 0 aliphatic carbocycles. The van der Waals surface area contributed by atoms with Crippen LogP contribution in [0.15, 0.2) is 30.5 Å². The van der Waals surface area contributed by atoms with E-state index in [9.17, 15) is 9.90 Å². The average Bonchev–Trinajstić information content (AvgIpc) is 2.33. The summed E-state index contributed by atoms with van der Waals surface area (Å²) in [7, 11) is 0. The molecule has 1 aromatic heterocycles. The highest BCUT2D eigenvalue weighted by Gasteiger charge is 2.05. The van der Waals surface area contributed by atoms with Crippen LogP contribution in [0.2, 0.25) is 0 Å². The first-order chi connectivity index (χ1) is 7.70. The van der Waals surface area contributed by atoms with Crippen LogP contribution >= 0.6 is 0 Å². The molecule has 0 aliphatic heterocycles. The first-order valence-electron chi connectivity index (χ1n) is 4.51. The summed E-state index contributed by atoms with van der Waals surface area (Å²) in [6, 6.07) is 5.70. The fourth-order valence-electron chi connectivity index (χ4n) is 1.24. The van der Waals surface area contributed by atoms with Crippen LogP contribution in [0.5, 0.6) is 11.5 Å². The number of aromatic nitrogens is 2. The SMILES string of the molecule is O=Cc1ccnc(-c2ccc(O)c(O)c2)n1. The number of benzene rings is 1. The molecule has 2 aromatic rings. The zero-order chi connectivity index (χ0) is 11.5. The minimum absolute atomic E-state index is 0.213. The molecule has 1 heterocycles. The molecule has 0 saturated heterocycles. The normalized spacial score (nSPS) is 10.0. The summed E-state index contributed by atoms with van der Waals surface area (Å²) in [4.78, 5) is 18.5. The third kappa shape index (κ3) is 1.83. The third-order valence-corrected chi connectivity index (χ3v) is 2.03. The average molecular weight is 216 g/mol. The van der Waals surface area contributed by atoms with Crippen molar-refractivity contribution in [1.29, 1.82) is 0 Å². The van der Waals surface area contributed by atoms with Gasteiger partial charge in [0, 0.05) is 11.8 Å². The van der Waals surface area contributed by atoms with Gasteiger partial charge in [-0.3, -0.25) is 4.79 Å². The number of rotatable bonds is 2. The molecular formula is C11H8N2O3. The maximum atomic E-state index is 10.5. The zero-order valence-electron chi connectivity index (χ0n) is 8.16. The zero-order valence-corrected chi connectivity index (χ0v) is 8.16. The van der Waals surface area contributed by atoms with Gasteiger partial charge >= 0.3 is 0 Å². The number of hydrogen-bond acceptors (Lipinski definition) is 5. The molecule has 1 aromatic carbocycles. The van der Waals surface area contributed by atoms with Crippen molar-refractivity contribution in [1.82, 2.24) is 9.97 Å². The van der Waals surface area contributed by atoms with E-state index in [1.165, 1.54) is 24.4 Å². The number of carbonyl (C=O) groups excluding carboxylic acids is 1. The van der Waals surface area contributed by atoms with Crippen LogP contribution in [0.1, 0.15) is 10.5 Å². The number of phenols is 2. The maximum Gasteiger partial charge on any atom is 0.168 e. The Morgan fingerprint density at radius 1 is 1.12 bits per heavy atom. The van der Waals surface area contributed by atoms with E-state index in [0.717, 1.165) is 0 Å². The second-order valence-corrected chi connectivity index (χ2v) is 3.13. The first kappa shape index (κ1) is 10.1. The molecule has 0 saturated carbocycles. The molecule has 0 amide bonds.